The van der Waals surface area contributed by atoms with E-state index in [1.807, 2.05) is 24.5 Å². The van der Waals surface area contributed by atoms with Gasteiger partial charge in [0.1, 0.15) is 12.4 Å². The number of nitrogens with one attached hydrogen (secondary N) is 1. The van der Waals surface area contributed by atoms with E-state index in [0.29, 0.717) is 0 Å². The minimum Gasteiger partial charge on any atom is -1.00 e. The maximum Gasteiger partial charge on any atom is 0.259 e. The first kappa shape index (κ1) is 12.7. The second-order valence-corrected chi connectivity index (χ2v) is 3.35. The first-order chi connectivity index (χ1) is 5.79. The van der Waals surface area contributed by atoms with E-state index in [2.05, 4.69) is 38.6 Å². The Balaban J connectivity index is 0.00000144. The number of aromatic amines is 1. The number of nitrogens with zero attached hydrogens (tertiary/aromatic N) is 1. The fraction of sp³-hybridized carbons (Fsp3) is 0.222. The molecule has 0 aliphatic carbocycles. The van der Waals surface area contributed by atoms with E-state index in [-0.39, 0.29) is 21.9 Å². The third-order valence-corrected chi connectivity index (χ3v) is 2.41. The van der Waals surface area contributed by atoms with Crippen molar-refractivity contribution in [3.05, 3.63) is 43.5 Å². The van der Waals surface area contributed by atoms with Crippen LogP contribution in [0, 0.1) is 0 Å². The molecule has 0 amide bonds. The highest BCUT2D eigenvalue weighted by Gasteiger charge is 2.13. The summed E-state index contributed by atoms with van der Waals surface area (Å²) in [6.07, 6.45) is 8.41. The molecule has 0 aliphatic heterocycles. The van der Waals surface area contributed by atoms with E-state index in [1.54, 1.807) is 0 Å². The van der Waals surface area contributed by atoms with Gasteiger partial charge < -0.3 is 17.0 Å². The van der Waals surface area contributed by atoms with E-state index in [1.165, 1.54) is 0 Å². The first-order valence-corrected chi connectivity index (χ1v) is 4.66. The summed E-state index contributed by atoms with van der Waals surface area (Å²) in [5, 5.41) is 0. The van der Waals surface area contributed by atoms with Crippen LogP contribution in [0.4, 0.5) is 0 Å². The number of alkyl halides is 1. The average molecular weight is 308 g/mol. The summed E-state index contributed by atoms with van der Waals surface area (Å²) in [4.78, 5) is 3.29. The maximum absolute atomic E-state index is 3.71. The zero-order valence-electron chi connectivity index (χ0n) is 7.21. The number of hydrogen-bond acceptors (Lipinski definition) is 0. The lowest BCUT2D eigenvalue weighted by molar-refractivity contribution is -0.693. The molecule has 13 heavy (non-hydrogen) atoms. The van der Waals surface area contributed by atoms with Gasteiger partial charge in [-0.25, -0.2) is 9.55 Å². The molecule has 1 atom stereocenters. The van der Waals surface area contributed by atoms with E-state index in [4.69, 9.17) is 0 Å². The van der Waals surface area contributed by atoms with Crippen molar-refractivity contribution in [3.63, 3.8) is 0 Å². The fourth-order valence-corrected chi connectivity index (χ4v) is 1.41. The van der Waals surface area contributed by atoms with Crippen LogP contribution < -0.4 is 21.5 Å². The van der Waals surface area contributed by atoms with Gasteiger partial charge in [-0.1, -0.05) is 12.7 Å². The topological polar surface area (TPSA) is 19.7 Å². The lowest BCUT2D eigenvalue weighted by Crippen LogP contribution is -3.00. The van der Waals surface area contributed by atoms with Gasteiger partial charge in [0.25, 0.3) is 5.82 Å². The smallest absolute Gasteiger partial charge is 0.259 e. The summed E-state index contributed by atoms with van der Waals surface area (Å²) in [6, 6.07) is 0. The average Bonchev–Trinajstić information content (AvgIpc) is 2.52. The van der Waals surface area contributed by atoms with Crippen molar-refractivity contribution >= 4 is 15.9 Å². The summed E-state index contributed by atoms with van der Waals surface area (Å²) in [6.45, 7) is 7.40. The molecule has 1 heterocycles. The van der Waals surface area contributed by atoms with Crippen LogP contribution in [0.1, 0.15) is 10.8 Å². The van der Waals surface area contributed by atoms with Gasteiger partial charge in [0.15, 0.2) is 4.95 Å². The number of aromatic nitrogens is 2. The Kier molecular flexibility index (Phi) is 5.99. The first-order valence-electron chi connectivity index (χ1n) is 3.74. The SMILES string of the molecule is C=CCc1[nH]cc[n+]1C(Br)C=C.[Br-]. The molecule has 0 saturated carbocycles. The Bertz CT molecular complexity index is 281. The van der Waals surface area contributed by atoms with Crippen molar-refractivity contribution in [1.29, 1.82) is 0 Å². The van der Waals surface area contributed by atoms with E-state index in [9.17, 15) is 0 Å². The molecule has 0 fully saturated rings. The molecule has 72 valence electrons. The van der Waals surface area contributed by atoms with Crippen LogP contribution in [0.5, 0.6) is 0 Å². The standard InChI is InChI=1S/C9H11BrN2.BrH/c1-3-5-9-11-6-7-12(9)8(10)4-2;/h3-4,6-8H,1-2,5H2;1H. The zero-order chi connectivity index (χ0) is 8.97. The molecule has 0 radical (unpaired) electrons. The van der Waals surface area contributed by atoms with Crippen LogP contribution in [-0.4, -0.2) is 4.98 Å². The second-order valence-electron chi connectivity index (χ2n) is 2.42. The highest BCUT2D eigenvalue weighted by atomic mass is 79.9. The highest BCUT2D eigenvalue weighted by molar-refractivity contribution is 9.09. The molecule has 2 nitrogen and oxygen atoms in total. The predicted molar refractivity (Wildman–Crippen MR) is 53.0 cm³/mol. The molecule has 1 rings (SSSR count). The number of H-pyrrole nitrogens is 1. The molecule has 0 aliphatic rings. The van der Waals surface area contributed by atoms with Gasteiger partial charge in [-0.15, -0.1) is 6.58 Å². The molecule has 1 aromatic rings. The van der Waals surface area contributed by atoms with Gasteiger partial charge in [-0.05, 0) is 22.0 Å². The van der Waals surface area contributed by atoms with Crippen molar-refractivity contribution in [2.75, 3.05) is 0 Å². The van der Waals surface area contributed by atoms with Crippen molar-refractivity contribution in [1.82, 2.24) is 4.98 Å². The summed E-state index contributed by atoms with van der Waals surface area (Å²) in [5.74, 6) is 1.12. The number of allylic oxidation sites excluding steroid dienone is 2. The van der Waals surface area contributed by atoms with Gasteiger partial charge in [0, 0.05) is 0 Å². The summed E-state index contributed by atoms with van der Waals surface area (Å²) in [5.41, 5.74) is 0. The Hall–Kier alpha value is -0.350. The molecule has 1 unspecified atom stereocenters. The maximum atomic E-state index is 3.71. The lowest BCUT2D eigenvalue weighted by Gasteiger charge is -2.00. The minimum absolute atomic E-state index is 0. The Morgan fingerprint density at radius 3 is 2.85 bits per heavy atom. The molecule has 4 heteroatoms. The monoisotopic (exact) mass is 306 g/mol. The van der Waals surface area contributed by atoms with Gasteiger partial charge in [0.05, 0.1) is 6.42 Å². The fourth-order valence-electron chi connectivity index (χ4n) is 1.02. The molecule has 1 aromatic heterocycles. The largest absolute Gasteiger partial charge is 1.00 e. The Morgan fingerprint density at radius 2 is 2.31 bits per heavy atom. The second kappa shape index (κ2) is 6.16. The normalized spacial score (nSPS) is 11.5. The summed E-state index contributed by atoms with van der Waals surface area (Å²) < 4.78 is 2.06. The molecule has 0 saturated heterocycles. The minimum atomic E-state index is 0. The highest BCUT2D eigenvalue weighted by Crippen LogP contribution is 2.08. The third kappa shape index (κ3) is 3.12. The van der Waals surface area contributed by atoms with Crippen LogP contribution in [0.2, 0.25) is 0 Å². The Labute approximate surface area is 97.3 Å². The third-order valence-electron chi connectivity index (χ3n) is 1.59. The summed E-state index contributed by atoms with van der Waals surface area (Å²) >= 11 is 3.48. The molecule has 0 spiro atoms. The Morgan fingerprint density at radius 1 is 1.62 bits per heavy atom. The van der Waals surface area contributed by atoms with Gasteiger partial charge in [-0.2, -0.15) is 0 Å². The van der Waals surface area contributed by atoms with Gasteiger partial charge >= 0.3 is 0 Å². The molecular weight excluding hydrogens is 296 g/mol. The zero-order valence-corrected chi connectivity index (χ0v) is 10.4. The molecule has 1 N–H and O–H groups in total. The van der Waals surface area contributed by atoms with Crippen molar-refractivity contribution in [3.8, 4) is 0 Å². The molecular formula is C9H12Br2N2. The van der Waals surface area contributed by atoms with Crippen LogP contribution in [0.15, 0.2) is 37.7 Å². The van der Waals surface area contributed by atoms with E-state index < -0.39 is 0 Å². The number of halogens is 2. The van der Waals surface area contributed by atoms with Gasteiger partial charge in [-0.3, -0.25) is 0 Å². The van der Waals surface area contributed by atoms with Crippen molar-refractivity contribution in [2.45, 2.75) is 11.4 Å². The summed E-state index contributed by atoms with van der Waals surface area (Å²) in [7, 11) is 0. The molecule has 0 aromatic carbocycles. The van der Waals surface area contributed by atoms with E-state index in [0.717, 1.165) is 12.2 Å². The number of rotatable bonds is 4. The quantitative estimate of drug-likeness (QED) is 0.423. The van der Waals surface area contributed by atoms with Crippen molar-refractivity contribution in [2.24, 2.45) is 0 Å². The van der Waals surface area contributed by atoms with Crippen LogP contribution >= 0.6 is 15.9 Å². The van der Waals surface area contributed by atoms with E-state index >= 15 is 0 Å². The van der Waals surface area contributed by atoms with Crippen LogP contribution in [-0.2, 0) is 6.42 Å². The lowest BCUT2D eigenvalue weighted by atomic mass is 10.4. The molecule has 0 bridgehead atoms. The van der Waals surface area contributed by atoms with Crippen LogP contribution in [0.25, 0.3) is 0 Å². The van der Waals surface area contributed by atoms with Crippen LogP contribution in [0.3, 0.4) is 0 Å². The van der Waals surface area contributed by atoms with Gasteiger partial charge in [0.2, 0.25) is 0 Å². The van der Waals surface area contributed by atoms with Crippen molar-refractivity contribution < 1.29 is 21.5 Å². The number of imidazole rings is 1. The predicted octanol–water partition coefficient (Wildman–Crippen LogP) is -0.886. The number of hydrogen-bond donors (Lipinski definition) is 1.